The molecule has 3 heterocycles. The molecule has 9 heteroatoms. The molecule has 3 rings (SSSR count). The van der Waals surface area contributed by atoms with Crippen LogP contribution in [0, 0.1) is 5.92 Å². The van der Waals surface area contributed by atoms with Crippen molar-refractivity contribution in [1.82, 2.24) is 10.3 Å². The Bertz CT molecular complexity index is 624. The number of hydrogen-bond acceptors (Lipinski definition) is 5. The van der Waals surface area contributed by atoms with E-state index in [1.54, 1.807) is 0 Å². The number of ether oxygens (including phenoxy) is 1. The van der Waals surface area contributed by atoms with Crippen molar-refractivity contribution in [1.29, 1.82) is 0 Å². The number of rotatable bonds is 4. The summed E-state index contributed by atoms with van der Waals surface area (Å²) in [5, 5.41) is 3.02. The number of anilines is 1. The molecular formula is C18H25F3N4O2. The number of pyridine rings is 1. The third-order valence-corrected chi connectivity index (χ3v) is 5.32. The first-order valence-electron chi connectivity index (χ1n) is 9.26. The molecule has 0 aromatic carbocycles. The zero-order valence-corrected chi connectivity index (χ0v) is 15.0. The van der Waals surface area contributed by atoms with Gasteiger partial charge in [0, 0.05) is 38.5 Å². The Kier molecular flexibility index (Phi) is 6.21. The maximum Gasteiger partial charge on any atom is 0.417 e. The Balaban J connectivity index is 1.47. The van der Waals surface area contributed by atoms with E-state index >= 15 is 0 Å². The first-order valence-corrected chi connectivity index (χ1v) is 9.26. The highest BCUT2D eigenvalue weighted by molar-refractivity contribution is 5.82. The highest BCUT2D eigenvalue weighted by atomic mass is 19.4. The number of amides is 1. The molecule has 2 fully saturated rings. The van der Waals surface area contributed by atoms with Gasteiger partial charge in [0.05, 0.1) is 11.6 Å². The summed E-state index contributed by atoms with van der Waals surface area (Å²) in [6.07, 6.45) is -0.523. The largest absolute Gasteiger partial charge is 0.417 e. The number of halogens is 3. The third kappa shape index (κ3) is 5.10. The molecule has 27 heavy (non-hydrogen) atoms. The van der Waals surface area contributed by atoms with Gasteiger partial charge in [0.1, 0.15) is 5.82 Å². The summed E-state index contributed by atoms with van der Waals surface area (Å²) < 4.78 is 43.2. The lowest BCUT2D eigenvalue weighted by Crippen LogP contribution is -2.52. The van der Waals surface area contributed by atoms with Gasteiger partial charge in [0.15, 0.2) is 0 Å². The first-order chi connectivity index (χ1) is 12.8. The van der Waals surface area contributed by atoms with Crippen LogP contribution in [0.25, 0.3) is 0 Å². The second-order valence-corrected chi connectivity index (χ2v) is 7.15. The molecule has 0 spiro atoms. The van der Waals surface area contributed by atoms with Crippen LogP contribution in [0.4, 0.5) is 19.0 Å². The minimum Gasteiger partial charge on any atom is -0.381 e. The minimum absolute atomic E-state index is 0.0223. The molecule has 1 amide bonds. The fourth-order valence-electron chi connectivity index (χ4n) is 3.58. The number of nitrogens with one attached hydrogen (secondary N) is 1. The van der Waals surface area contributed by atoms with Gasteiger partial charge < -0.3 is 20.7 Å². The molecule has 6 nitrogen and oxygen atoms in total. The second kappa shape index (κ2) is 8.43. The molecule has 2 aliphatic rings. The Morgan fingerprint density at radius 2 is 1.89 bits per heavy atom. The van der Waals surface area contributed by atoms with Crippen LogP contribution in [-0.4, -0.2) is 49.3 Å². The lowest BCUT2D eigenvalue weighted by Gasteiger charge is -2.34. The average molecular weight is 386 g/mol. The van der Waals surface area contributed by atoms with Crippen molar-refractivity contribution in [2.24, 2.45) is 11.7 Å². The van der Waals surface area contributed by atoms with Crippen molar-refractivity contribution in [3.63, 3.8) is 0 Å². The number of hydrogen-bond donors (Lipinski definition) is 2. The summed E-state index contributed by atoms with van der Waals surface area (Å²) >= 11 is 0. The van der Waals surface area contributed by atoms with Gasteiger partial charge in [-0.05, 0) is 43.7 Å². The predicted octanol–water partition coefficient (Wildman–Crippen LogP) is 1.94. The van der Waals surface area contributed by atoms with Crippen molar-refractivity contribution in [2.45, 2.75) is 43.9 Å². The summed E-state index contributed by atoms with van der Waals surface area (Å²) in [6, 6.07) is 1.93. The fourth-order valence-corrected chi connectivity index (χ4v) is 3.58. The number of nitrogens with zero attached hydrogens (tertiary/aromatic N) is 2. The van der Waals surface area contributed by atoms with Gasteiger partial charge in [-0.2, -0.15) is 13.2 Å². The van der Waals surface area contributed by atoms with Gasteiger partial charge in [-0.3, -0.25) is 4.79 Å². The molecule has 0 bridgehead atoms. The highest BCUT2D eigenvalue weighted by Crippen LogP contribution is 2.29. The normalized spacial score (nSPS) is 21.1. The summed E-state index contributed by atoms with van der Waals surface area (Å²) in [4.78, 5) is 18.2. The SMILES string of the molecule is NC(C(=O)NC1CCN(c2ccc(C(F)(F)F)cn2)CC1)C1CCOCC1. The molecule has 3 N–H and O–H groups in total. The van der Waals surface area contributed by atoms with E-state index in [0.717, 1.165) is 25.1 Å². The van der Waals surface area contributed by atoms with E-state index in [4.69, 9.17) is 10.5 Å². The monoisotopic (exact) mass is 386 g/mol. The zero-order valence-electron chi connectivity index (χ0n) is 15.0. The highest BCUT2D eigenvalue weighted by Gasteiger charge is 2.32. The van der Waals surface area contributed by atoms with Crippen molar-refractivity contribution < 1.29 is 22.7 Å². The van der Waals surface area contributed by atoms with Gasteiger partial charge in [-0.25, -0.2) is 4.98 Å². The fraction of sp³-hybridized carbons (Fsp3) is 0.667. The number of carbonyl (C=O) groups excluding carboxylic acids is 1. The van der Waals surface area contributed by atoms with Crippen LogP contribution < -0.4 is 16.0 Å². The summed E-state index contributed by atoms with van der Waals surface area (Å²) in [5.74, 6) is 0.537. The summed E-state index contributed by atoms with van der Waals surface area (Å²) in [7, 11) is 0. The van der Waals surface area contributed by atoms with Crippen LogP contribution in [-0.2, 0) is 15.7 Å². The number of alkyl halides is 3. The second-order valence-electron chi connectivity index (χ2n) is 7.15. The molecule has 1 aromatic rings. The van der Waals surface area contributed by atoms with Gasteiger partial charge in [-0.1, -0.05) is 0 Å². The maximum absolute atomic E-state index is 12.6. The smallest absolute Gasteiger partial charge is 0.381 e. The standard InChI is InChI=1S/C18H25F3N4O2/c19-18(20,21)13-1-2-15(23-11-13)25-7-3-14(4-8-25)24-17(26)16(22)12-5-9-27-10-6-12/h1-2,11-12,14,16H,3-10,22H2,(H,24,26). The van der Waals surface area contributed by atoms with Crippen molar-refractivity contribution in [3.05, 3.63) is 23.9 Å². The Morgan fingerprint density at radius 1 is 1.22 bits per heavy atom. The maximum atomic E-state index is 12.6. The third-order valence-electron chi connectivity index (χ3n) is 5.32. The molecule has 2 saturated heterocycles. The predicted molar refractivity (Wildman–Crippen MR) is 94.1 cm³/mol. The molecule has 1 unspecified atom stereocenters. The van der Waals surface area contributed by atoms with Crippen molar-refractivity contribution >= 4 is 11.7 Å². The van der Waals surface area contributed by atoms with E-state index in [9.17, 15) is 18.0 Å². The molecular weight excluding hydrogens is 361 g/mol. The van der Waals surface area contributed by atoms with Gasteiger partial charge >= 0.3 is 6.18 Å². The molecule has 1 atom stereocenters. The van der Waals surface area contributed by atoms with E-state index in [-0.39, 0.29) is 17.9 Å². The number of aromatic nitrogens is 1. The van der Waals surface area contributed by atoms with E-state index in [1.807, 2.05) is 4.90 Å². The molecule has 2 aliphatic heterocycles. The quantitative estimate of drug-likeness (QED) is 0.827. The van der Waals surface area contributed by atoms with Crippen molar-refractivity contribution in [3.8, 4) is 0 Å². The Morgan fingerprint density at radius 3 is 2.44 bits per heavy atom. The Labute approximate surface area is 156 Å². The average Bonchev–Trinajstić information content (AvgIpc) is 2.68. The van der Waals surface area contributed by atoms with E-state index in [0.29, 0.717) is 45.0 Å². The summed E-state index contributed by atoms with van der Waals surface area (Å²) in [6.45, 7) is 2.53. The van der Waals surface area contributed by atoms with Crippen LogP contribution >= 0.6 is 0 Å². The molecule has 0 radical (unpaired) electrons. The molecule has 0 aliphatic carbocycles. The van der Waals surface area contributed by atoms with Crippen LogP contribution in [0.1, 0.15) is 31.2 Å². The van der Waals surface area contributed by atoms with Gasteiger partial charge in [-0.15, -0.1) is 0 Å². The van der Waals surface area contributed by atoms with Crippen LogP contribution in [0.5, 0.6) is 0 Å². The van der Waals surface area contributed by atoms with Gasteiger partial charge in [0.2, 0.25) is 5.91 Å². The number of piperidine rings is 1. The minimum atomic E-state index is -4.38. The molecule has 0 saturated carbocycles. The van der Waals surface area contributed by atoms with Gasteiger partial charge in [0.25, 0.3) is 0 Å². The van der Waals surface area contributed by atoms with E-state index in [2.05, 4.69) is 10.3 Å². The zero-order chi connectivity index (χ0) is 19.4. The van der Waals surface area contributed by atoms with E-state index < -0.39 is 17.8 Å². The first kappa shape index (κ1) is 19.9. The van der Waals surface area contributed by atoms with Crippen LogP contribution in [0.15, 0.2) is 18.3 Å². The number of carbonyl (C=O) groups is 1. The van der Waals surface area contributed by atoms with Crippen molar-refractivity contribution in [2.75, 3.05) is 31.2 Å². The van der Waals surface area contributed by atoms with Crippen LogP contribution in [0.2, 0.25) is 0 Å². The lowest BCUT2D eigenvalue weighted by atomic mass is 9.91. The Hall–Kier alpha value is -1.87. The van der Waals surface area contributed by atoms with Crippen LogP contribution in [0.3, 0.4) is 0 Å². The molecule has 1 aromatic heterocycles. The topological polar surface area (TPSA) is 80.5 Å². The molecule has 150 valence electrons. The van der Waals surface area contributed by atoms with E-state index in [1.165, 1.54) is 6.07 Å². The number of nitrogens with two attached hydrogens (primary N) is 1. The summed E-state index contributed by atoms with van der Waals surface area (Å²) in [5.41, 5.74) is 5.34. The lowest BCUT2D eigenvalue weighted by molar-refractivity contribution is -0.137.